The Morgan fingerprint density at radius 1 is 1.45 bits per heavy atom. The maximum absolute atomic E-state index is 11.9. The van der Waals surface area contributed by atoms with Crippen LogP contribution in [0.2, 0.25) is 0 Å². The third-order valence-electron chi connectivity index (χ3n) is 3.12. The highest BCUT2D eigenvalue weighted by Gasteiger charge is 2.15. The highest BCUT2D eigenvalue weighted by Crippen LogP contribution is 2.26. The van der Waals surface area contributed by atoms with Crippen molar-refractivity contribution in [2.24, 2.45) is 0 Å². The van der Waals surface area contributed by atoms with E-state index in [0.29, 0.717) is 30.8 Å². The van der Waals surface area contributed by atoms with E-state index in [1.807, 2.05) is 13.0 Å². The van der Waals surface area contributed by atoms with Crippen LogP contribution in [0.15, 0.2) is 18.2 Å². The Kier molecular flexibility index (Phi) is 6.31. The second kappa shape index (κ2) is 7.75. The largest absolute Gasteiger partial charge is 0.397 e. The molecule has 5 heteroatoms. The molecule has 0 aliphatic heterocycles. The van der Waals surface area contributed by atoms with Gasteiger partial charge >= 0.3 is 0 Å². The predicted octanol–water partition coefficient (Wildman–Crippen LogP) is 1.62. The van der Waals surface area contributed by atoms with Gasteiger partial charge in [0.15, 0.2) is 0 Å². The zero-order valence-electron chi connectivity index (χ0n) is 12.5. The minimum Gasteiger partial charge on any atom is -0.397 e. The Balaban J connectivity index is 3.07. The molecule has 0 fully saturated rings. The summed E-state index contributed by atoms with van der Waals surface area (Å²) in [7, 11) is 0. The minimum atomic E-state index is -0.0976. The highest BCUT2D eigenvalue weighted by atomic mass is 16.3. The summed E-state index contributed by atoms with van der Waals surface area (Å²) < 4.78 is 0. The molecule has 1 aromatic rings. The van der Waals surface area contributed by atoms with E-state index in [9.17, 15) is 4.79 Å². The number of benzene rings is 1. The number of aliphatic hydroxyl groups excluding tert-OH is 1. The van der Waals surface area contributed by atoms with E-state index in [1.54, 1.807) is 12.1 Å². The van der Waals surface area contributed by atoms with Crippen molar-refractivity contribution in [3.8, 4) is 0 Å². The molecule has 0 bridgehead atoms. The zero-order chi connectivity index (χ0) is 15.1. The number of hydrogen-bond donors (Lipinski definition) is 3. The fourth-order valence-electron chi connectivity index (χ4n) is 2.09. The van der Waals surface area contributed by atoms with E-state index >= 15 is 0 Å². The van der Waals surface area contributed by atoms with E-state index in [-0.39, 0.29) is 18.6 Å². The number of hydrogen-bond acceptors (Lipinski definition) is 4. The van der Waals surface area contributed by atoms with Gasteiger partial charge in [0.1, 0.15) is 0 Å². The molecule has 0 radical (unpaired) electrons. The molecule has 4 N–H and O–H groups in total. The standard InChI is InChI=1S/C15H25N3O2/c1-4-17-15(20)12-6-7-13(16)14(10-12)18(11(2)3)8-5-9-19/h6-7,10-11,19H,4-5,8-9,16H2,1-3H3,(H,17,20). The van der Waals surface area contributed by atoms with Gasteiger partial charge in [-0.15, -0.1) is 0 Å². The van der Waals surface area contributed by atoms with Gasteiger partial charge in [0.2, 0.25) is 0 Å². The Morgan fingerprint density at radius 3 is 2.70 bits per heavy atom. The third-order valence-corrected chi connectivity index (χ3v) is 3.12. The van der Waals surface area contributed by atoms with Crippen LogP contribution in [0.1, 0.15) is 37.6 Å². The highest BCUT2D eigenvalue weighted by molar-refractivity contribution is 5.96. The molecular formula is C15H25N3O2. The number of rotatable bonds is 7. The van der Waals surface area contributed by atoms with Crippen molar-refractivity contribution < 1.29 is 9.90 Å². The number of amides is 1. The van der Waals surface area contributed by atoms with E-state index in [2.05, 4.69) is 24.1 Å². The van der Waals surface area contributed by atoms with Gasteiger partial charge in [-0.2, -0.15) is 0 Å². The summed E-state index contributed by atoms with van der Waals surface area (Å²) >= 11 is 0. The number of nitrogens with two attached hydrogens (primary N) is 1. The van der Waals surface area contributed by atoms with Crippen LogP contribution in [0.25, 0.3) is 0 Å². The van der Waals surface area contributed by atoms with Crippen molar-refractivity contribution in [1.29, 1.82) is 0 Å². The molecule has 1 rings (SSSR count). The van der Waals surface area contributed by atoms with Crippen LogP contribution in [0.5, 0.6) is 0 Å². The fourth-order valence-corrected chi connectivity index (χ4v) is 2.09. The van der Waals surface area contributed by atoms with Gasteiger partial charge in [0, 0.05) is 31.3 Å². The van der Waals surface area contributed by atoms with Crippen LogP contribution in [0.3, 0.4) is 0 Å². The second-order valence-corrected chi connectivity index (χ2v) is 5.00. The molecule has 0 spiro atoms. The molecule has 1 aromatic carbocycles. The molecule has 0 aliphatic rings. The molecule has 0 unspecified atom stereocenters. The Morgan fingerprint density at radius 2 is 2.15 bits per heavy atom. The van der Waals surface area contributed by atoms with Gasteiger partial charge in [0.05, 0.1) is 11.4 Å². The normalized spacial score (nSPS) is 10.7. The second-order valence-electron chi connectivity index (χ2n) is 5.00. The summed E-state index contributed by atoms with van der Waals surface area (Å²) in [6.07, 6.45) is 0.670. The van der Waals surface area contributed by atoms with Crippen molar-refractivity contribution in [1.82, 2.24) is 5.32 Å². The van der Waals surface area contributed by atoms with Crippen molar-refractivity contribution >= 4 is 17.3 Å². The first kappa shape index (κ1) is 16.3. The van der Waals surface area contributed by atoms with Crippen molar-refractivity contribution in [3.63, 3.8) is 0 Å². The monoisotopic (exact) mass is 279 g/mol. The van der Waals surface area contributed by atoms with Gasteiger partial charge in [-0.3, -0.25) is 4.79 Å². The van der Waals surface area contributed by atoms with Crippen molar-refractivity contribution in [2.45, 2.75) is 33.2 Å². The van der Waals surface area contributed by atoms with Crippen LogP contribution in [-0.2, 0) is 0 Å². The first-order valence-electron chi connectivity index (χ1n) is 7.06. The molecule has 20 heavy (non-hydrogen) atoms. The zero-order valence-corrected chi connectivity index (χ0v) is 12.5. The number of anilines is 2. The maximum Gasteiger partial charge on any atom is 0.251 e. The van der Waals surface area contributed by atoms with Crippen LogP contribution in [0.4, 0.5) is 11.4 Å². The summed E-state index contributed by atoms with van der Waals surface area (Å²) in [6.45, 7) is 7.45. The summed E-state index contributed by atoms with van der Waals surface area (Å²) in [6, 6.07) is 5.55. The summed E-state index contributed by atoms with van der Waals surface area (Å²) in [5.41, 5.74) is 8.13. The van der Waals surface area contributed by atoms with Crippen LogP contribution < -0.4 is 16.0 Å². The molecular weight excluding hydrogens is 254 g/mol. The number of carbonyl (C=O) groups is 1. The first-order valence-corrected chi connectivity index (χ1v) is 7.06. The Hall–Kier alpha value is -1.75. The lowest BCUT2D eigenvalue weighted by atomic mass is 10.1. The Labute approximate surface area is 120 Å². The van der Waals surface area contributed by atoms with Gasteiger partial charge < -0.3 is 21.1 Å². The third kappa shape index (κ3) is 4.13. The minimum absolute atomic E-state index is 0.0976. The number of aliphatic hydroxyl groups is 1. The first-order chi connectivity index (χ1) is 9.51. The Bertz CT molecular complexity index is 447. The lowest BCUT2D eigenvalue weighted by Gasteiger charge is -2.30. The summed E-state index contributed by atoms with van der Waals surface area (Å²) in [5.74, 6) is -0.0976. The van der Waals surface area contributed by atoms with Gasteiger partial charge in [0.25, 0.3) is 5.91 Å². The predicted molar refractivity (Wildman–Crippen MR) is 83.0 cm³/mol. The van der Waals surface area contributed by atoms with Gasteiger partial charge in [-0.25, -0.2) is 0 Å². The molecule has 0 aliphatic carbocycles. The fraction of sp³-hybridized carbons (Fsp3) is 0.533. The molecule has 0 saturated heterocycles. The average Bonchev–Trinajstić information content (AvgIpc) is 2.41. The van der Waals surface area contributed by atoms with Crippen LogP contribution in [-0.4, -0.2) is 36.8 Å². The smallest absolute Gasteiger partial charge is 0.251 e. The molecule has 1 amide bonds. The van der Waals surface area contributed by atoms with E-state index < -0.39 is 0 Å². The van der Waals surface area contributed by atoms with Crippen LogP contribution in [0, 0.1) is 0 Å². The average molecular weight is 279 g/mol. The SMILES string of the molecule is CCNC(=O)c1ccc(N)c(N(CCCO)C(C)C)c1. The number of nitrogens with one attached hydrogen (secondary N) is 1. The number of nitrogen functional groups attached to an aromatic ring is 1. The molecule has 5 nitrogen and oxygen atoms in total. The van der Waals surface area contributed by atoms with E-state index in [4.69, 9.17) is 10.8 Å². The van der Waals surface area contributed by atoms with Crippen LogP contribution >= 0.6 is 0 Å². The lowest BCUT2D eigenvalue weighted by molar-refractivity contribution is 0.0956. The van der Waals surface area contributed by atoms with E-state index in [1.165, 1.54) is 0 Å². The number of nitrogens with zero attached hydrogens (tertiary/aromatic N) is 1. The maximum atomic E-state index is 11.9. The van der Waals surface area contributed by atoms with Gasteiger partial charge in [-0.05, 0) is 45.4 Å². The van der Waals surface area contributed by atoms with Crippen molar-refractivity contribution in [3.05, 3.63) is 23.8 Å². The lowest BCUT2D eigenvalue weighted by Crippen LogP contribution is -2.33. The van der Waals surface area contributed by atoms with Gasteiger partial charge in [-0.1, -0.05) is 0 Å². The number of carbonyl (C=O) groups excluding carboxylic acids is 1. The summed E-state index contributed by atoms with van der Waals surface area (Å²) in [5, 5.41) is 11.8. The summed E-state index contributed by atoms with van der Waals surface area (Å²) in [4.78, 5) is 14.0. The molecule has 0 saturated carbocycles. The molecule has 112 valence electrons. The molecule has 0 atom stereocenters. The van der Waals surface area contributed by atoms with Crippen molar-refractivity contribution in [2.75, 3.05) is 30.3 Å². The molecule has 0 aromatic heterocycles. The quantitative estimate of drug-likeness (QED) is 0.663. The topological polar surface area (TPSA) is 78.6 Å². The van der Waals surface area contributed by atoms with E-state index in [0.717, 1.165) is 5.69 Å². The molecule has 0 heterocycles.